The van der Waals surface area contributed by atoms with Gasteiger partial charge in [-0.3, -0.25) is 4.79 Å². The van der Waals surface area contributed by atoms with Crippen LogP contribution >= 0.6 is 0 Å². The molecule has 0 aromatic heterocycles. The van der Waals surface area contributed by atoms with E-state index in [1.54, 1.807) is 4.90 Å². The fraction of sp³-hybridized carbons (Fsp3) is 0.529. The first-order valence-electron chi connectivity index (χ1n) is 8.86. The van der Waals surface area contributed by atoms with Crippen molar-refractivity contribution in [3.05, 3.63) is 29.8 Å². The minimum Gasteiger partial charge on any atom is -0.334 e. The minimum atomic E-state index is -3.74. The number of nitriles is 1. The lowest BCUT2D eigenvalue weighted by atomic mass is 10.0. The monoisotopic (exact) mass is 428 g/mol. The van der Waals surface area contributed by atoms with Gasteiger partial charge in [-0.1, -0.05) is 0 Å². The summed E-state index contributed by atoms with van der Waals surface area (Å²) in [4.78, 5) is 14.5. The van der Waals surface area contributed by atoms with Gasteiger partial charge in [-0.2, -0.15) is 5.26 Å². The van der Waals surface area contributed by atoms with Gasteiger partial charge in [0, 0.05) is 37.7 Å². The Morgan fingerprint density at radius 3 is 2.46 bits per heavy atom. The van der Waals surface area contributed by atoms with Crippen molar-refractivity contribution in [2.45, 2.75) is 36.6 Å². The summed E-state index contributed by atoms with van der Waals surface area (Å²) in [6.07, 6.45) is 3.57. The second-order valence-electron chi connectivity index (χ2n) is 6.60. The molecule has 11 heteroatoms. The Bertz CT molecular complexity index is 937. The maximum Gasteiger partial charge on any atom is 0.254 e. The number of sulfonamides is 2. The van der Waals surface area contributed by atoms with E-state index in [4.69, 9.17) is 5.26 Å². The van der Waals surface area contributed by atoms with Crippen LogP contribution in [0.15, 0.2) is 29.2 Å². The summed E-state index contributed by atoms with van der Waals surface area (Å²) in [7, 11) is -7.09. The van der Waals surface area contributed by atoms with E-state index in [0.717, 1.165) is 19.1 Å². The number of piperidine rings is 1. The van der Waals surface area contributed by atoms with Crippen molar-refractivity contribution in [2.24, 2.45) is 0 Å². The highest BCUT2D eigenvalue weighted by atomic mass is 32.2. The highest BCUT2D eigenvalue weighted by Crippen LogP contribution is 2.20. The molecule has 1 aliphatic heterocycles. The van der Waals surface area contributed by atoms with Crippen molar-refractivity contribution in [1.82, 2.24) is 14.3 Å². The van der Waals surface area contributed by atoms with Crippen molar-refractivity contribution < 1.29 is 21.6 Å². The summed E-state index contributed by atoms with van der Waals surface area (Å²) in [6, 6.07) is 7.18. The molecule has 2 N–H and O–H groups in total. The molecule has 1 fully saturated rings. The Morgan fingerprint density at radius 1 is 1.18 bits per heavy atom. The summed E-state index contributed by atoms with van der Waals surface area (Å²) in [5.41, 5.74) is 0.335. The molecule has 154 valence electrons. The molecule has 28 heavy (non-hydrogen) atoms. The number of rotatable bonds is 8. The van der Waals surface area contributed by atoms with Gasteiger partial charge in [0.25, 0.3) is 5.91 Å². The third-order valence-corrected chi connectivity index (χ3v) is 6.58. The van der Waals surface area contributed by atoms with Crippen LogP contribution in [0.3, 0.4) is 0 Å². The van der Waals surface area contributed by atoms with Crippen LogP contribution in [0.4, 0.5) is 0 Å². The number of hydrogen-bond acceptors (Lipinski definition) is 6. The zero-order valence-corrected chi connectivity index (χ0v) is 17.2. The molecule has 1 atom stereocenters. The average molecular weight is 429 g/mol. The molecule has 1 aliphatic rings. The van der Waals surface area contributed by atoms with Gasteiger partial charge >= 0.3 is 0 Å². The Balaban J connectivity index is 2.11. The predicted octanol–water partition coefficient (Wildman–Crippen LogP) is 0.422. The molecule has 0 bridgehead atoms. The number of hydrogen-bond donors (Lipinski definition) is 2. The standard InChI is InChI=1S/C17H24N4O5S2/c1-27(23,24)20-13-15-5-2-3-12-21(15)17(22)14-6-8-16(9-7-14)28(25,26)19-11-4-10-18/h6-9,15,19-20H,2-5,11-13H2,1H3. The van der Waals surface area contributed by atoms with Gasteiger partial charge in [-0.05, 0) is 43.5 Å². The quantitative estimate of drug-likeness (QED) is 0.576. The molecule has 1 aromatic carbocycles. The summed E-state index contributed by atoms with van der Waals surface area (Å²) in [6.45, 7) is 0.687. The first-order valence-corrected chi connectivity index (χ1v) is 12.2. The van der Waals surface area contributed by atoms with Gasteiger partial charge in [0.15, 0.2) is 0 Å². The zero-order chi connectivity index (χ0) is 20.8. The minimum absolute atomic E-state index is 0.0101. The molecule has 0 radical (unpaired) electrons. The molecule has 1 heterocycles. The van der Waals surface area contributed by atoms with Crippen LogP contribution in [0.5, 0.6) is 0 Å². The SMILES string of the molecule is CS(=O)(=O)NCC1CCCCN1C(=O)c1ccc(S(=O)(=O)NCCC#N)cc1. The lowest BCUT2D eigenvalue weighted by Crippen LogP contribution is -2.49. The maximum absolute atomic E-state index is 12.9. The van der Waals surface area contributed by atoms with Crippen molar-refractivity contribution in [1.29, 1.82) is 5.26 Å². The van der Waals surface area contributed by atoms with Crippen LogP contribution in [-0.2, 0) is 20.0 Å². The summed E-state index contributed by atoms with van der Waals surface area (Å²) >= 11 is 0. The third kappa shape index (κ3) is 6.27. The molecule has 0 aliphatic carbocycles. The predicted molar refractivity (Wildman–Crippen MR) is 103 cm³/mol. The van der Waals surface area contributed by atoms with Gasteiger partial charge in [0.2, 0.25) is 20.0 Å². The zero-order valence-electron chi connectivity index (χ0n) is 15.6. The highest BCUT2D eigenvalue weighted by Gasteiger charge is 2.28. The smallest absolute Gasteiger partial charge is 0.254 e. The van der Waals surface area contributed by atoms with Gasteiger partial charge in [-0.15, -0.1) is 0 Å². The van der Waals surface area contributed by atoms with Gasteiger partial charge in [-0.25, -0.2) is 26.3 Å². The maximum atomic E-state index is 12.9. The van der Waals surface area contributed by atoms with Crippen LogP contribution in [0.1, 0.15) is 36.0 Å². The molecule has 1 unspecified atom stereocenters. The van der Waals surface area contributed by atoms with E-state index in [9.17, 15) is 21.6 Å². The van der Waals surface area contributed by atoms with Crippen LogP contribution in [-0.4, -0.2) is 59.6 Å². The fourth-order valence-electron chi connectivity index (χ4n) is 2.99. The number of nitrogens with one attached hydrogen (secondary N) is 2. The van der Waals surface area contributed by atoms with Gasteiger partial charge in [0.1, 0.15) is 0 Å². The summed E-state index contributed by atoms with van der Waals surface area (Å²) in [5.74, 6) is -0.263. The number of carbonyl (C=O) groups is 1. The van der Waals surface area contributed by atoms with E-state index in [0.29, 0.717) is 18.5 Å². The first kappa shape index (κ1) is 22.3. The molecule has 2 rings (SSSR count). The number of amides is 1. The van der Waals surface area contributed by atoms with Gasteiger partial charge < -0.3 is 4.90 Å². The van der Waals surface area contributed by atoms with E-state index in [-0.39, 0.29) is 36.4 Å². The summed E-state index contributed by atoms with van der Waals surface area (Å²) < 4.78 is 51.7. The topological polar surface area (TPSA) is 136 Å². The molecular weight excluding hydrogens is 404 g/mol. The van der Waals surface area contributed by atoms with Crippen LogP contribution in [0.25, 0.3) is 0 Å². The van der Waals surface area contributed by atoms with Gasteiger partial charge in [0.05, 0.1) is 17.2 Å². The largest absolute Gasteiger partial charge is 0.334 e. The Hall–Kier alpha value is -2.00. The highest BCUT2D eigenvalue weighted by molar-refractivity contribution is 7.89. The van der Waals surface area contributed by atoms with Crippen molar-refractivity contribution >= 4 is 26.0 Å². The number of likely N-dealkylation sites (tertiary alicyclic amines) is 1. The van der Waals surface area contributed by atoms with E-state index < -0.39 is 20.0 Å². The second kappa shape index (κ2) is 9.47. The first-order chi connectivity index (χ1) is 13.1. The van der Waals surface area contributed by atoms with Crippen molar-refractivity contribution in [3.63, 3.8) is 0 Å². The second-order valence-corrected chi connectivity index (χ2v) is 10.2. The molecule has 0 saturated carbocycles. The fourth-order valence-corrected chi connectivity index (χ4v) is 4.52. The van der Waals surface area contributed by atoms with E-state index >= 15 is 0 Å². The van der Waals surface area contributed by atoms with Crippen LogP contribution < -0.4 is 9.44 Å². The van der Waals surface area contributed by atoms with Crippen LogP contribution in [0.2, 0.25) is 0 Å². The molecule has 1 saturated heterocycles. The number of nitrogens with zero attached hydrogens (tertiary/aromatic N) is 2. The Kier molecular flexibility index (Phi) is 7.54. The molecule has 9 nitrogen and oxygen atoms in total. The third-order valence-electron chi connectivity index (χ3n) is 4.41. The van der Waals surface area contributed by atoms with Crippen LogP contribution in [0, 0.1) is 11.3 Å². The van der Waals surface area contributed by atoms with Crippen molar-refractivity contribution in [2.75, 3.05) is 25.9 Å². The van der Waals surface area contributed by atoms with E-state index in [1.165, 1.54) is 24.3 Å². The average Bonchev–Trinajstić information content (AvgIpc) is 2.66. The normalized spacial score (nSPS) is 17.9. The van der Waals surface area contributed by atoms with E-state index in [2.05, 4.69) is 9.44 Å². The number of benzene rings is 1. The number of carbonyl (C=O) groups excluding carboxylic acids is 1. The summed E-state index contributed by atoms with van der Waals surface area (Å²) in [5, 5.41) is 8.49. The lowest BCUT2D eigenvalue weighted by Gasteiger charge is -2.35. The lowest BCUT2D eigenvalue weighted by molar-refractivity contribution is 0.0618. The molecule has 1 aromatic rings. The molecular formula is C17H24N4O5S2. The molecule has 1 amide bonds. The van der Waals surface area contributed by atoms with Crippen molar-refractivity contribution in [3.8, 4) is 6.07 Å². The molecule has 0 spiro atoms. The Labute approximate surface area is 165 Å². The van der Waals surface area contributed by atoms with E-state index in [1.807, 2.05) is 6.07 Å². The Morgan fingerprint density at radius 2 is 1.86 bits per heavy atom.